The lowest BCUT2D eigenvalue weighted by Crippen LogP contribution is -2.22. The van der Waals surface area contributed by atoms with Crippen molar-refractivity contribution in [3.05, 3.63) is 24.3 Å². The van der Waals surface area contributed by atoms with Crippen molar-refractivity contribution < 1.29 is 9.47 Å². The van der Waals surface area contributed by atoms with Crippen LogP contribution in [0.4, 0.5) is 0 Å². The van der Waals surface area contributed by atoms with Crippen molar-refractivity contribution in [3.8, 4) is 0 Å². The van der Waals surface area contributed by atoms with Crippen LogP contribution < -0.4 is 0 Å². The molecule has 0 amide bonds. The second-order valence-electron chi connectivity index (χ2n) is 5.16. The number of rotatable bonds is 10. The summed E-state index contributed by atoms with van der Waals surface area (Å²) < 4.78 is 11.2. The maximum atomic E-state index is 5.69. The Balaban J connectivity index is 1.85. The van der Waals surface area contributed by atoms with E-state index in [1.807, 2.05) is 0 Å². The van der Waals surface area contributed by atoms with Gasteiger partial charge in [0.15, 0.2) is 6.29 Å². The molecule has 1 heterocycles. The Bertz CT molecular complexity index is 240. The summed E-state index contributed by atoms with van der Waals surface area (Å²) in [5.74, 6) is 0. The number of hydrogen-bond donors (Lipinski definition) is 0. The molecule has 110 valence electrons. The molecule has 0 aromatic rings. The molecule has 0 aromatic carbocycles. The zero-order valence-electron chi connectivity index (χ0n) is 12.5. The van der Waals surface area contributed by atoms with Crippen LogP contribution in [0, 0.1) is 0 Å². The summed E-state index contributed by atoms with van der Waals surface area (Å²) in [6, 6.07) is 0. The third-order valence-corrected chi connectivity index (χ3v) is 3.31. The van der Waals surface area contributed by atoms with Crippen LogP contribution in [0.2, 0.25) is 0 Å². The lowest BCUT2D eigenvalue weighted by atomic mass is 10.2. The van der Waals surface area contributed by atoms with Crippen molar-refractivity contribution in [2.24, 2.45) is 0 Å². The Labute approximate surface area is 118 Å². The van der Waals surface area contributed by atoms with Gasteiger partial charge in [0.2, 0.25) is 0 Å². The van der Waals surface area contributed by atoms with Gasteiger partial charge in [-0.2, -0.15) is 0 Å². The van der Waals surface area contributed by atoms with Crippen molar-refractivity contribution in [2.45, 2.75) is 71.0 Å². The number of ether oxygens (including phenoxy) is 2. The monoisotopic (exact) mass is 266 g/mol. The molecule has 1 fully saturated rings. The van der Waals surface area contributed by atoms with E-state index < -0.39 is 0 Å². The van der Waals surface area contributed by atoms with Gasteiger partial charge in [0, 0.05) is 13.2 Å². The van der Waals surface area contributed by atoms with Crippen molar-refractivity contribution in [2.75, 3.05) is 13.2 Å². The van der Waals surface area contributed by atoms with Gasteiger partial charge in [-0.3, -0.25) is 0 Å². The number of hydrogen-bond acceptors (Lipinski definition) is 2. The van der Waals surface area contributed by atoms with Crippen molar-refractivity contribution >= 4 is 0 Å². The fourth-order valence-electron chi connectivity index (χ4n) is 2.09. The molecule has 2 nitrogen and oxygen atoms in total. The molecule has 0 spiro atoms. The highest BCUT2D eigenvalue weighted by Gasteiger charge is 2.12. The lowest BCUT2D eigenvalue weighted by Gasteiger charge is -2.22. The normalized spacial score (nSPS) is 20.6. The highest BCUT2D eigenvalue weighted by atomic mass is 16.7. The molecule has 0 aromatic heterocycles. The van der Waals surface area contributed by atoms with Crippen LogP contribution in [0.1, 0.15) is 64.7 Å². The van der Waals surface area contributed by atoms with E-state index in [1.165, 1.54) is 38.5 Å². The van der Waals surface area contributed by atoms with Gasteiger partial charge in [0.05, 0.1) is 0 Å². The van der Waals surface area contributed by atoms with E-state index in [0.717, 1.165) is 32.5 Å². The first-order chi connectivity index (χ1) is 9.43. The number of allylic oxidation sites excluding steroid dienone is 4. The SMILES string of the molecule is CCCC/C=C/C=C\CCCCOC1CCCCO1. The standard InChI is InChI=1S/C17H30O2/c1-2-3-4-5-6-7-8-9-10-12-15-18-17-14-11-13-16-19-17/h5-8,17H,2-4,9-16H2,1H3/b6-5+,8-7-. The van der Waals surface area contributed by atoms with Crippen LogP contribution in [-0.2, 0) is 9.47 Å². The fourth-order valence-corrected chi connectivity index (χ4v) is 2.09. The van der Waals surface area contributed by atoms with Gasteiger partial charge in [-0.25, -0.2) is 0 Å². The lowest BCUT2D eigenvalue weighted by molar-refractivity contribution is -0.162. The van der Waals surface area contributed by atoms with E-state index in [0.29, 0.717) is 0 Å². The van der Waals surface area contributed by atoms with Crippen LogP contribution in [0.3, 0.4) is 0 Å². The second kappa shape index (κ2) is 12.4. The van der Waals surface area contributed by atoms with E-state index in [4.69, 9.17) is 9.47 Å². The highest BCUT2D eigenvalue weighted by Crippen LogP contribution is 2.14. The van der Waals surface area contributed by atoms with Crippen molar-refractivity contribution in [1.29, 1.82) is 0 Å². The molecule has 0 aliphatic carbocycles. The molecule has 0 radical (unpaired) electrons. The fraction of sp³-hybridized carbons (Fsp3) is 0.765. The summed E-state index contributed by atoms with van der Waals surface area (Å²) in [4.78, 5) is 0. The maximum absolute atomic E-state index is 5.69. The van der Waals surface area contributed by atoms with Crippen LogP contribution in [-0.4, -0.2) is 19.5 Å². The van der Waals surface area contributed by atoms with Gasteiger partial charge in [0.1, 0.15) is 0 Å². The summed E-state index contributed by atoms with van der Waals surface area (Å²) in [7, 11) is 0. The Morgan fingerprint density at radius 2 is 1.84 bits per heavy atom. The van der Waals surface area contributed by atoms with Crippen molar-refractivity contribution in [1.82, 2.24) is 0 Å². The van der Waals surface area contributed by atoms with Crippen LogP contribution in [0.5, 0.6) is 0 Å². The summed E-state index contributed by atoms with van der Waals surface area (Å²) in [5.41, 5.74) is 0. The Morgan fingerprint density at radius 3 is 2.53 bits per heavy atom. The van der Waals surface area contributed by atoms with Gasteiger partial charge in [-0.05, 0) is 44.9 Å². The van der Waals surface area contributed by atoms with Gasteiger partial charge in [-0.1, -0.05) is 44.1 Å². The summed E-state index contributed by atoms with van der Waals surface area (Å²) in [5, 5.41) is 0. The molecule has 0 N–H and O–H groups in total. The third-order valence-electron chi connectivity index (χ3n) is 3.31. The molecule has 0 saturated carbocycles. The Kier molecular flexibility index (Phi) is 10.8. The van der Waals surface area contributed by atoms with Gasteiger partial charge in [0.25, 0.3) is 0 Å². The minimum absolute atomic E-state index is 0.0748. The second-order valence-corrected chi connectivity index (χ2v) is 5.16. The van der Waals surface area contributed by atoms with E-state index in [2.05, 4.69) is 31.2 Å². The maximum Gasteiger partial charge on any atom is 0.157 e. The zero-order valence-corrected chi connectivity index (χ0v) is 12.5. The molecular weight excluding hydrogens is 236 g/mol. The molecule has 2 heteroatoms. The molecule has 1 aliphatic heterocycles. The summed E-state index contributed by atoms with van der Waals surface area (Å²) in [6.07, 6.45) is 19.7. The molecule has 1 unspecified atom stereocenters. The first-order valence-electron chi connectivity index (χ1n) is 7.98. The molecule has 0 bridgehead atoms. The molecular formula is C17H30O2. The van der Waals surface area contributed by atoms with E-state index >= 15 is 0 Å². The largest absolute Gasteiger partial charge is 0.353 e. The highest BCUT2D eigenvalue weighted by molar-refractivity contribution is 5.02. The van der Waals surface area contributed by atoms with Crippen LogP contribution >= 0.6 is 0 Å². The van der Waals surface area contributed by atoms with Crippen LogP contribution in [0.15, 0.2) is 24.3 Å². The molecule has 1 atom stereocenters. The third kappa shape index (κ3) is 9.92. The Hall–Kier alpha value is -0.600. The predicted octanol–water partition coefficient (Wildman–Crippen LogP) is 5.00. The van der Waals surface area contributed by atoms with Gasteiger partial charge in [-0.15, -0.1) is 0 Å². The summed E-state index contributed by atoms with van der Waals surface area (Å²) in [6.45, 7) is 3.94. The van der Waals surface area contributed by atoms with Crippen molar-refractivity contribution in [3.63, 3.8) is 0 Å². The molecule has 19 heavy (non-hydrogen) atoms. The predicted molar refractivity (Wildman–Crippen MR) is 81.2 cm³/mol. The topological polar surface area (TPSA) is 18.5 Å². The zero-order chi connectivity index (χ0) is 13.6. The van der Waals surface area contributed by atoms with Gasteiger partial charge >= 0.3 is 0 Å². The molecule has 1 aliphatic rings. The van der Waals surface area contributed by atoms with E-state index in [-0.39, 0.29) is 6.29 Å². The quantitative estimate of drug-likeness (QED) is 0.409. The molecule has 1 saturated heterocycles. The van der Waals surface area contributed by atoms with E-state index in [1.54, 1.807) is 0 Å². The number of unbranched alkanes of at least 4 members (excludes halogenated alkanes) is 4. The van der Waals surface area contributed by atoms with E-state index in [9.17, 15) is 0 Å². The minimum atomic E-state index is 0.0748. The smallest absolute Gasteiger partial charge is 0.157 e. The summed E-state index contributed by atoms with van der Waals surface area (Å²) >= 11 is 0. The molecule has 1 rings (SSSR count). The Morgan fingerprint density at radius 1 is 1.05 bits per heavy atom. The van der Waals surface area contributed by atoms with Gasteiger partial charge < -0.3 is 9.47 Å². The minimum Gasteiger partial charge on any atom is -0.353 e. The van der Waals surface area contributed by atoms with Crippen LogP contribution in [0.25, 0.3) is 0 Å². The first kappa shape index (κ1) is 16.5. The average Bonchev–Trinajstić information content (AvgIpc) is 2.46. The first-order valence-corrected chi connectivity index (χ1v) is 7.98. The average molecular weight is 266 g/mol.